The third kappa shape index (κ3) is 15.2. The predicted molar refractivity (Wildman–Crippen MR) is 218 cm³/mol. The average Bonchev–Trinajstić information content (AvgIpc) is 4.02. The Labute approximate surface area is 358 Å². The van der Waals surface area contributed by atoms with E-state index in [9.17, 15) is 0 Å². The quantitative estimate of drug-likeness (QED) is 0.0517. The van der Waals surface area contributed by atoms with Crippen molar-refractivity contribution in [1.82, 2.24) is 0 Å². The first kappa shape index (κ1) is 51.3. The lowest BCUT2D eigenvalue weighted by atomic mass is 10.2. The SMILES string of the molecule is CCC(OCCSC(COC(CC)OC1(CC)OCC(C)O1)C(COC(CC)OC1(CC)OCC(C)O1)OC(CC)OC1(CC)OCC(C)O1)OC1(CC)OCC(C)O1. The van der Waals surface area contributed by atoms with E-state index >= 15 is 0 Å². The molecule has 0 bridgehead atoms. The molecule has 348 valence electrons. The summed E-state index contributed by atoms with van der Waals surface area (Å²) in [6, 6.07) is 0. The minimum absolute atomic E-state index is 0.0634. The molecule has 0 spiro atoms. The largest absolute Gasteiger partial charge is 0.352 e. The molecule has 0 aromatic heterocycles. The van der Waals surface area contributed by atoms with Crippen LogP contribution in [0.25, 0.3) is 0 Å². The molecule has 0 radical (unpaired) electrons. The van der Waals surface area contributed by atoms with Gasteiger partial charge >= 0.3 is 0 Å². The Hall–Kier alpha value is -0.290. The second kappa shape index (κ2) is 24.7. The van der Waals surface area contributed by atoms with Crippen LogP contribution in [0, 0.1) is 0 Å². The van der Waals surface area contributed by atoms with Crippen molar-refractivity contribution in [2.45, 2.75) is 219 Å². The van der Waals surface area contributed by atoms with Gasteiger partial charge in [-0.15, -0.1) is 0 Å². The maximum absolute atomic E-state index is 6.88. The fourth-order valence-corrected chi connectivity index (χ4v) is 8.01. The van der Waals surface area contributed by atoms with Gasteiger partial charge in [0.05, 0.1) is 82.0 Å². The lowest BCUT2D eigenvalue weighted by molar-refractivity contribution is -0.399. The first-order chi connectivity index (χ1) is 28.3. The first-order valence-electron chi connectivity index (χ1n) is 22.4. The highest BCUT2D eigenvalue weighted by atomic mass is 32.2. The van der Waals surface area contributed by atoms with Gasteiger partial charge in [0, 0.05) is 31.4 Å². The van der Waals surface area contributed by atoms with Gasteiger partial charge in [0.1, 0.15) is 0 Å². The van der Waals surface area contributed by atoms with Gasteiger partial charge in [-0.25, -0.2) is 0 Å². The van der Waals surface area contributed by atoms with Crippen molar-refractivity contribution in [2.75, 3.05) is 52.0 Å². The van der Waals surface area contributed by atoms with Crippen LogP contribution in [-0.2, 0) is 75.8 Å². The molecule has 0 aromatic carbocycles. The summed E-state index contributed by atoms with van der Waals surface area (Å²) >= 11 is 1.63. The highest BCUT2D eigenvalue weighted by Gasteiger charge is 2.46. The molecular weight excluding hydrogens is 793 g/mol. The first-order valence-corrected chi connectivity index (χ1v) is 23.4. The summed E-state index contributed by atoms with van der Waals surface area (Å²) in [5, 5.41) is -0.320. The average molecular weight is 871 g/mol. The summed E-state index contributed by atoms with van der Waals surface area (Å²) in [5.74, 6) is -4.14. The van der Waals surface area contributed by atoms with E-state index in [2.05, 4.69) is 0 Å². The van der Waals surface area contributed by atoms with E-state index in [0.717, 1.165) is 0 Å². The van der Waals surface area contributed by atoms with Crippen LogP contribution in [-0.4, -0.2) is 137 Å². The van der Waals surface area contributed by atoms with Gasteiger partial charge in [0.2, 0.25) is 0 Å². The lowest BCUT2D eigenvalue weighted by Gasteiger charge is -2.36. The van der Waals surface area contributed by atoms with Crippen molar-refractivity contribution in [1.29, 1.82) is 0 Å². The third-order valence-electron chi connectivity index (χ3n) is 10.3. The summed E-state index contributed by atoms with van der Waals surface area (Å²) in [5.41, 5.74) is 0. The Morgan fingerprint density at radius 2 is 0.814 bits per heavy atom. The predicted octanol–water partition coefficient (Wildman–Crippen LogP) is 7.53. The third-order valence-corrected chi connectivity index (χ3v) is 11.6. The topological polar surface area (TPSA) is 148 Å². The minimum Gasteiger partial charge on any atom is -0.352 e. The van der Waals surface area contributed by atoms with Crippen LogP contribution >= 0.6 is 11.8 Å². The molecule has 0 saturated carbocycles. The van der Waals surface area contributed by atoms with Crippen LogP contribution in [0.1, 0.15) is 134 Å². The minimum atomic E-state index is -1.22. The van der Waals surface area contributed by atoms with Crippen LogP contribution in [0.4, 0.5) is 0 Å². The molecule has 4 saturated heterocycles. The van der Waals surface area contributed by atoms with E-state index in [1.165, 1.54) is 0 Å². The molecule has 59 heavy (non-hydrogen) atoms. The zero-order chi connectivity index (χ0) is 43.1. The number of ether oxygens (including phenoxy) is 16. The van der Waals surface area contributed by atoms with Gasteiger partial charge in [-0.2, -0.15) is 11.8 Å². The zero-order valence-corrected chi connectivity index (χ0v) is 38.8. The Balaban J connectivity index is 1.55. The van der Waals surface area contributed by atoms with E-state index in [1.54, 1.807) is 11.8 Å². The van der Waals surface area contributed by atoms with Crippen LogP contribution in [0.3, 0.4) is 0 Å². The van der Waals surface area contributed by atoms with Gasteiger partial charge < -0.3 is 56.8 Å². The maximum Gasteiger partial charge on any atom is 0.285 e. The van der Waals surface area contributed by atoms with Crippen LogP contribution < -0.4 is 0 Å². The molecule has 0 N–H and O–H groups in total. The fourth-order valence-electron chi connectivity index (χ4n) is 6.99. The maximum atomic E-state index is 6.88. The van der Waals surface area contributed by atoms with E-state index in [0.29, 0.717) is 90.2 Å². The van der Waals surface area contributed by atoms with Gasteiger partial charge in [0.25, 0.3) is 23.9 Å². The molecule has 0 aliphatic carbocycles. The molecule has 0 amide bonds. The smallest absolute Gasteiger partial charge is 0.285 e. The van der Waals surface area contributed by atoms with E-state index in [-0.39, 0.29) is 42.9 Å². The monoisotopic (exact) mass is 871 g/mol. The summed E-state index contributed by atoms with van der Waals surface area (Å²) in [7, 11) is 0. The van der Waals surface area contributed by atoms with Crippen LogP contribution in [0.5, 0.6) is 0 Å². The molecule has 14 atom stereocenters. The van der Waals surface area contributed by atoms with Gasteiger partial charge in [-0.05, 0) is 53.4 Å². The van der Waals surface area contributed by atoms with E-state index < -0.39 is 55.2 Å². The number of rotatable bonds is 30. The molecule has 4 rings (SSSR count). The number of hydrogen-bond acceptors (Lipinski definition) is 17. The Bertz CT molecular complexity index is 1180. The van der Waals surface area contributed by atoms with Crippen molar-refractivity contribution < 1.29 is 75.8 Å². The zero-order valence-electron chi connectivity index (χ0n) is 38.0. The summed E-state index contributed by atoms with van der Waals surface area (Å²) in [4.78, 5) is 0. The molecule has 17 heteroatoms. The highest BCUT2D eigenvalue weighted by molar-refractivity contribution is 8.00. The molecule has 16 nitrogen and oxygen atoms in total. The van der Waals surface area contributed by atoms with Crippen molar-refractivity contribution in [2.24, 2.45) is 0 Å². The van der Waals surface area contributed by atoms with Crippen molar-refractivity contribution in [3.63, 3.8) is 0 Å². The van der Waals surface area contributed by atoms with Gasteiger partial charge in [-0.3, -0.25) is 18.9 Å². The molecule has 4 fully saturated rings. The van der Waals surface area contributed by atoms with Gasteiger partial charge in [-0.1, -0.05) is 55.4 Å². The van der Waals surface area contributed by atoms with Crippen molar-refractivity contribution in [3.8, 4) is 0 Å². The molecule has 4 aliphatic rings. The molecule has 4 heterocycles. The highest BCUT2D eigenvalue weighted by Crippen LogP contribution is 2.35. The summed E-state index contributed by atoms with van der Waals surface area (Å²) < 4.78 is 100. The van der Waals surface area contributed by atoms with Crippen LogP contribution in [0.15, 0.2) is 0 Å². The standard InChI is InChI=1S/C42H78O16S/c1-13-35(55-39(17-5)46-23-29(9)51-39)43-21-22-59-34(28-45-37(15-3)57-41(19-7)48-25-31(11)53-41)33(50-38(16-4)58-42(20-8)49-26-32(12)54-42)27-44-36(14-2)56-40(18-6)47-24-30(10)52-40/h29-38H,13-28H2,1-12H3. The molecule has 4 aliphatic heterocycles. The Kier molecular flexibility index (Phi) is 21.5. The van der Waals surface area contributed by atoms with Crippen LogP contribution in [0.2, 0.25) is 0 Å². The van der Waals surface area contributed by atoms with E-state index in [1.807, 2.05) is 83.1 Å². The molecule has 0 aromatic rings. The molecule has 14 unspecified atom stereocenters. The summed E-state index contributed by atoms with van der Waals surface area (Å²) in [6.45, 7) is 26.2. The lowest BCUT2D eigenvalue weighted by Crippen LogP contribution is -2.46. The number of hydrogen-bond donors (Lipinski definition) is 0. The van der Waals surface area contributed by atoms with Gasteiger partial charge in [0.15, 0.2) is 25.2 Å². The van der Waals surface area contributed by atoms with Crippen molar-refractivity contribution >= 4 is 11.8 Å². The second-order valence-electron chi connectivity index (χ2n) is 15.5. The Morgan fingerprint density at radius 3 is 1.14 bits per heavy atom. The fraction of sp³-hybridized carbons (Fsp3) is 1.00. The molecular formula is C42H78O16S. The second-order valence-corrected chi connectivity index (χ2v) is 16.9. The van der Waals surface area contributed by atoms with E-state index in [4.69, 9.17) is 75.8 Å². The van der Waals surface area contributed by atoms with Crippen molar-refractivity contribution in [3.05, 3.63) is 0 Å². The normalized spacial score (nSPS) is 35.6. The number of thioether (sulfide) groups is 1. The Morgan fingerprint density at radius 1 is 0.475 bits per heavy atom. The summed E-state index contributed by atoms with van der Waals surface area (Å²) in [6.07, 6.45) is 0.735.